The van der Waals surface area contributed by atoms with E-state index >= 15 is 0 Å². The van der Waals surface area contributed by atoms with Crippen molar-refractivity contribution in [2.24, 2.45) is 5.92 Å². The van der Waals surface area contributed by atoms with Gasteiger partial charge in [-0.15, -0.1) is 0 Å². The number of rotatable bonds is 6. The third-order valence-corrected chi connectivity index (χ3v) is 4.43. The number of hydrogen-bond acceptors (Lipinski definition) is 2. The summed E-state index contributed by atoms with van der Waals surface area (Å²) in [5.74, 6) is 2.43. The zero-order valence-electron chi connectivity index (χ0n) is 12.5. The van der Waals surface area contributed by atoms with Crippen LogP contribution >= 0.6 is 0 Å². The van der Waals surface area contributed by atoms with Gasteiger partial charge in [-0.1, -0.05) is 51.8 Å². The summed E-state index contributed by atoms with van der Waals surface area (Å²) in [5.41, 5.74) is 1.40. The van der Waals surface area contributed by atoms with Gasteiger partial charge in [0.2, 0.25) is 0 Å². The molecule has 0 spiro atoms. The van der Waals surface area contributed by atoms with Crippen LogP contribution in [-0.2, 0) is 0 Å². The van der Waals surface area contributed by atoms with Gasteiger partial charge in [0.25, 0.3) is 0 Å². The summed E-state index contributed by atoms with van der Waals surface area (Å²) in [6, 6.07) is 9.13. The Labute approximate surface area is 117 Å². The van der Waals surface area contributed by atoms with Crippen LogP contribution in [0.2, 0.25) is 0 Å². The van der Waals surface area contributed by atoms with Crippen molar-refractivity contribution in [3.05, 3.63) is 29.8 Å². The third-order valence-electron chi connectivity index (χ3n) is 4.43. The molecule has 2 nitrogen and oxygen atoms in total. The van der Waals surface area contributed by atoms with E-state index in [0.717, 1.165) is 31.2 Å². The van der Waals surface area contributed by atoms with Crippen molar-refractivity contribution in [1.29, 1.82) is 0 Å². The highest BCUT2D eigenvalue weighted by molar-refractivity contribution is 5.38. The van der Waals surface area contributed by atoms with E-state index in [1.807, 2.05) is 0 Å². The summed E-state index contributed by atoms with van der Waals surface area (Å²) in [5, 5.41) is 3.74. The lowest BCUT2D eigenvalue weighted by atomic mass is 9.78. The van der Waals surface area contributed by atoms with Gasteiger partial charge in [0, 0.05) is 12.0 Å². The first-order valence-electron chi connectivity index (χ1n) is 7.76. The molecule has 0 radical (unpaired) electrons. The Balaban J connectivity index is 2.27. The summed E-state index contributed by atoms with van der Waals surface area (Å²) in [4.78, 5) is 0. The first-order chi connectivity index (χ1) is 9.31. The smallest absolute Gasteiger partial charge is 0.122 e. The van der Waals surface area contributed by atoms with Crippen LogP contribution in [0.15, 0.2) is 24.3 Å². The predicted molar refractivity (Wildman–Crippen MR) is 80.8 cm³/mol. The van der Waals surface area contributed by atoms with Gasteiger partial charge in [0.1, 0.15) is 5.75 Å². The Morgan fingerprint density at radius 3 is 2.63 bits per heavy atom. The molecule has 2 rings (SSSR count). The van der Waals surface area contributed by atoms with E-state index in [2.05, 4.69) is 50.4 Å². The van der Waals surface area contributed by atoms with Gasteiger partial charge in [-0.25, -0.2) is 0 Å². The topological polar surface area (TPSA) is 21.3 Å². The molecule has 0 bridgehead atoms. The number of para-hydroxylation sites is 1. The molecule has 2 heteroatoms. The predicted octanol–water partition coefficient (Wildman–Crippen LogP) is 3.97. The van der Waals surface area contributed by atoms with E-state index in [9.17, 15) is 0 Å². The summed E-state index contributed by atoms with van der Waals surface area (Å²) in [7, 11) is 0. The highest BCUT2D eigenvalue weighted by Gasteiger charge is 2.32. The lowest BCUT2D eigenvalue weighted by molar-refractivity contribution is 0.213. The Bertz CT molecular complexity index is 387. The second-order valence-electron chi connectivity index (χ2n) is 5.44. The van der Waals surface area contributed by atoms with Crippen LogP contribution in [0.4, 0.5) is 0 Å². The average molecular weight is 261 g/mol. The molecule has 0 aliphatic carbocycles. The zero-order valence-corrected chi connectivity index (χ0v) is 12.5. The quantitative estimate of drug-likeness (QED) is 0.836. The van der Waals surface area contributed by atoms with Gasteiger partial charge in [0.05, 0.1) is 6.61 Å². The fourth-order valence-corrected chi connectivity index (χ4v) is 3.41. The number of benzene rings is 1. The number of nitrogens with one attached hydrogen (secondary N) is 1. The first kappa shape index (κ1) is 14.4. The molecule has 0 amide bonds. The lowest BCUT2D eigenvalue weighted by Gasteiger charge is -2.37. The van der Waals surface area contributed by atoms with Crippen molar-refractivity contribution in [1.82, 2.24) is 5.32 Å². The van der Waals surface area contributed by atoms with Crippen molar-refractivity contribution in [3.63, 3.8) is 0 Å². The highest BCUT2D eigenvalue weighted by Crippen LogP contribution is 2.38. The molecule has 0 saturated carbocycles. The van der Waals surface area contributed by atoms with Gasteiger partial charge < -0.3 is 10.1 Å². The Kier molecular flexibility index (Phi) is 5.26. The van der Waals surface area contributed by atoms with E-state index in [-0.39, 0.29) is 0 Å². The first-order valence-corrected chi connectivity index (χ1v) is 7.76. The Morgan fingerprint density at radius 2 is 1.95 bits per heavy atom. The van der Waals surface area contributed by atoms with Crippen molar-refractivity contribution in [3.8, 4) is 5.75 Å². The van der Waals surface area contributed by atoms with Crippen LogP contribution in [-0.4, -0.2) is 19.2 Å². The van der Waals surface area contributed by atoms with Gasteiger partial charge in [-0.2, -0.15) is 0 Å². The van der Waals surface area contributed by atoms with Crippen LogP contribution in [0.25, 0.3) is 0 Å². The molecule has 0 fully saturated rings. The molecule has 0 saturated heterocycles. The fourth-order valence-electron chi connectivity index (χ4n) is 3.41. The summed E-state index contributed by atoms with van der Waals surface area (Å²) in [6.07, 6.45) is 3.62. The van der Waals surface area contributed by atoms with E-state index in [0.29, 0.717) is 12.0 Å². The maximum atomic E-state index is 5.80. The normalized spacial score (nSPS) is 19.9. The minimum atomic E-state index is 0.574. The van der Waals surface area contributed by atoms with Gasteiger partial charge in [0.15, 0.2) is 0 Å². The monoisotopic (exact) mass is 261 g/mol. The summed E-state index contributed by atoms with van der Waals surface area (Å²) in [6.45, 7) is 8.72. The van der Waals surface area contributed by atoms with Crippen LogP contribution < -0.4 is 10.1 Å². The van der Waals surface area contributed by atoms with Crippen LogP contribution in [0.1, 0.15) is 51.5 Å². The standard InChI is InChI=1S/C17H27NO/c1-4-13(5-2)17(18-6-3)15-11-12-19-16-10-8-7-9-14(15)16/h7-10,13,15,17-18H,4-6,11-12H2,1-3H3. The Hall–Kier alpha value is -1.02. The van der Waals surface area contributed by atoms with E-state index in [4.69, 9.17) is 4.74 Å². The molecular weight excluding hydrogens is 234 g/mol. The maximum absolute atomic E-state index is 5.80. The Morgan fingerprint density at radius 1 is 1.21 bits per heavy atom. The molecule has 1 N–H and O–H groups in total. The minimum absolute atomic E-state index is 0.574. The molecule has 1 heterocycles. The summed E-state index contributed by atoms with van der Waals surface area (Å²) < 4.78 is 5.80. The van der Waals surface area contributed by atoms with Gasteiger partial charge in [-0.05, 0) is 30.5 Å². The largest absolute Gasteiger partial charge is 0.493 e. The molecule has 1 aromatic rings. The van der Waals surface area contributed by atoms with Gasteiger partial charge in [-0.3, -0.25) is 0 Å². The molecule has 1 aliphatic heterocycles. The SMILES string of the molecule is CCNC(C(CC)CC)C1CCOc2ccccc21. The number of ether oxygens (including phenoxy) is 1. The van der Waals surface area contributed by atoms with Crippen LogP contribution in [0.3, 0.4) is 0 Å². The molecule has 2 unspecified atom stereocenters. The molecular formula is C17H27NO. The fraction of sp³-hybridized carbons (Fsp3) is 0.647. The summed E-state index contributed by atoms with van der Waals surface area (Å²) >= 11 is 0. The molecule has 2 atom stereocenters. The second-order valence-corrected chi connectivity index (χ2v) is 5.44. The molecule has 106 valence electrons. The lowest BCUT2D eigenvalue weighted by Crippen LogP contribution is -2.42. The van der Waals surface area contributed by atoms with E-state index in [1.165, 1.54) is 18.4 Å². The molecule has 0 aromatic heterocycles. The van der Waals surface area contributed by atoms with Crippen molar-refractivity contribution in [2.45, 2.75) is 52.0 Å². The zero-order chi connectivity index (χ0) is 13.7. The number of likely N-dealkylation sites (N-methyl/N-ethyl adjacent to an activating group) is 1. The number of hydrogen-bond donors (Lipinski definition) is 1. The molecule has 1 aromatic carbocycles. The molecule has 19 heavy (non-hydrogen) atoms. The highest BCUT2D eigenvalue weighted by atomic mass is 16.5. The van der Waals surface area contributed by atoms with Crippen molar-refractivity contribution < 1.29 is 4.74 Å². The number of fused-ring (bicyclic) bond motifs is 1. The second kappa shape index (κ2) is 6.95. The maximum Gasteiger partial charge on any atom is 0.122 e. The van der Waals surface area contributed by atoms with Crippen molar-refractivity contribution >= 4 is 0 Å². The minimum Gasteiger partial charge on any atom is -0.493 e. The molecule has 1 aliphatic rings. The average Bonchev–Trinajstić information content (AvgIpc) is 2.47. The van der Waals surface area contributed by atoms with Crippen molar-refractivity contribution in [2.75, 3.05) is 13.2 Å². The van der Waals surface area contributed by atoms with Crippen LogP contribution in [0, 0.1) is 5.92 Å². The van der Waals surface area contributed by atoms with Crippen LogP contribution in [0.5, 0.6) is 5.75 Å². The van der Waals surface area contributed by atoms with E-state index < -0.39 is 0 Å². The van der Waals surface area contributed by atoms with Gasteiger partial charge >= 0.3 is 0 Å². The van der Waals surface area contributed by atoms with E-state index in [1.54, 1.807) is 0 Å². The third kappa shape index (κ3) is 3.11.